The third kappa shape index (κ3) is 3.21. The maximum Gasteiger partial charge on any atom is 0.128 e. The molecule has 1 N–H and O–H groups in total. The normalized spacial score (nSPS) is 12.1. The minimum Gasteiger partial charge on any atom is -0.377 e. The third-order valence-electron chi connectivity index (χ3n) is 2.86. The van der Waals surface area contributed by atoms with Crippen LogP contribution in [0.1, 0.15) is 19.4 Å². The first-order chi connectivity index (χ1) is 9.24. The topological polar surface area (TPSA) is 57.9 Å². The second kappa shape index (κ2) is 6.17. The maximum atomic E-state index is 9.19. The van der Waals surface area contributed by atoms with Crippen molar-refractivity contribution in [2.45, 2.75) is 20.0 Å². The number of aromatic nitrogens is 1. The highest BCUT2D eigenvalue weighted by atomic mass is 16.5. The summed E-state index contributed by atoms with van der Waals surface area (Å²) in [7, 11) is 0. The molecule has 4 heteroatoms. The molecule has 4 nitrogen and oxygen atoms in total. The van der Waals surface area contributed by atoms with Crippen LogP contribution in [0.4, 0.5) is 5.82 Å². The molecule has 1 unspecified atom stereocenters. The van der Waals surface area contributed by atoms with E-state index in [1.807, 2.05) is 38.1 Å². The Bertz CT molecular complexity index is 604. The summed E-state index contributed by atoms with van der Waals surface area (Å²) in [5.74, 6) is 0.710. The van der Waals surface area contributed by atoms with Crippen molar-refractivity contribution >= 4 is 16.7 Å². The van der Waals surface area contributed by atoms with E-state index in [0.717, 1.165) is 10.9 Å². The quantitative estimate of drug-likeness (QED) is 0.892. The molecule has 1 aromatic carbocycles. The molecule has 0 aliphatic rings. The summed E-state index contributed by atoms with van der Waals surface area (Å²) < 4.78 is 5.45. The molecule has 0 bridgehead atoms. The zero-order valence-corrected chi connectivity index (χ0v) is 11.2. The Morgan fingerprint density at radius 3 is 2.95 bits per heavy atom. The number of nitrogens with one attached hydrogen (secondary N) is 1. The molecule has 98 valence electrons. The molecule has 2 rings (SSSR count). The number of hydrogen-bond acceptors (Lipinski definition) is 4. The Morgan fingerprint density at radius 1 is 1.42 bits per heavy atom. The van der Waals surface area contributed by atoms with Gasteiger partial charge in [0.1, 0.15) is 5.82 Å². The first-order valence-electron chi connectivity index (χ1n) is 6.40. The Morgan fingerprint density at radius 2 is 2.21 bits per heavy atom. The van der Waals surface area contributed by atoms with E-state index >= 15 is 0 Å². The fourth-order valence-electron chi connectivity index (χ4n) is 1.95. The number of para-hydroxylation sites is 1. The first kappa shape index (κ1) is 13.3. The van der Waals surface area contributed by atoms with Crippen LogP contribution >= 0.6 is 0 Å². The second-order valence-corrected chi connectivity index (χ2v) is 4.33. The van der Waals surface area contributed by atoms with Gasteiger partial charge in [-0.3, -0.25) is 0 Å². The molecule has 1 aromatic heterocycles. The van der Waals surface area contributed by atoms with Crippen LogP contribution in [0, 0.1) is 11.3 Å². The van der Waals surface area contributed by atoms with Crippen LogP contribution in [-0.2, 0) is 4.74 Å². The molecular formula is C15H17N3O. The zero-order chi connectivity index (χ0) is 13.7. The van der Waals surface area contributed by atoms with Gasteiger partial charge in [0, 0.05) is 18.5 Å². The van der Waals surface area contributed by atoms with Crippen LogP contribution in [0.25, 0.3) is 10.9 Å². The van der Waals surface area contributed by atoms with Gasteiger partial charge in [-0.15, -0.1) is 0 Å². The average molecular weight is 255 g/mol. The summed E-state index contributed by atoms with van der Waals surface area (Å²) in [5.41, 5.74) is 1.46. The van der Waals surface area contributed by atoms with E-state index in [1.54, 1.807) is 6.07 Å². The molecule has 0 aliphatic carbocycles. The van der Waals surface area contributed by atoms with Crippen molar-refractivity contribution in [3.8, 4) is 6.07 Å². The van der Waals surface area contributed by atoms with E-state index < -0.39 is 0 Å². The standard InChI is InChI=1S/C15H17N3O/c1-3-19-11(2)10-17-15-8-12(9-16)13-6-4-5-7-14(13)18-15/h4-8,11H,3,10H2,1-2H3,(H,17,18). The lowest BCUT2D eigenvalue weighted by molar-refractivity contribution is 0.0855. The van der Waals surface area contributed by atoms with Crippen LogP contribution in [-0.4, -0.2) is 24.2 Å². The highest BCUT2D eigenvalue weighted by Crippen LogP contribution is 2.19. The monoisotopic (exact) mass is 255 g/mol. The molecule has 0 spiro atoms. The number of hydrogen-bond donors (Lipinski definition) is 1. The summed E-state index contributed by atoms with van der Waals surface area (Å²) in [6.07, 6.45) is 0.115. The smallest absolute Gasteiger partial charge is 0.128 e. The fraction of sp³-hybridized carbons (Fsp3) is 0.333. The summed E-state index contributed by atoms with van der Waals surface area (Å²) in [4.78, 5) is 4.50. The van der Waals surface area contributed by atoms with Gasteiger partial charge in [-0.05, 0) is 26.0 Å². The van der Waals surface area contributed by atoms with E-state index in [4.69, 9.17) is 4.74 Å². The molecule has 0 radical (unpaired) electrons. The van der Waals surface area contributed by atoms with Crippen molar-refractivity contribution in [2.75, 3.05) is 18.5 Å². The molecule has 1 atom stereocenters. The molecule has 0 fully saturated rings. The number of nitrogens with zero attached hydrogens (tertiary/aromatic N) is 2. The Kier molecular flexibility index (Phi) is 4.32. The number of pyridine rings is 1. The highest BCUT2D eigenvalue weighted by Gasteiger charge is 2.06. The van der Waals surface area contributed by atoms with Gasteiger partial charge in [-0.2, -0.15) is 5.26 Å². The van der Waals surface area contributed by atoms with Gasteiger partial charge in [0.2, 0.25) is 0 Å². The number of nitriles is 1. The van der Waals surface area contributed by atoms with E-state index in [1.165, 1.54) is 0 Å². The summed E-state index contributed by atoms with van der Waals surface area (Å²) >= 11 is 0. The van der Waals surface area contributed by atoms with Crippen LogP contribution in [0.5, 0.6) is 0 Å². The largest absolute Gasteiger partial charge is 0.377 e. The van der Waals surface area contributed by atoms with Crippen molar-refractivity contribution in [3.63, 3.8) is 0 Å². The van der Waals surface area contributed by atoms with E-state index in [0.29, 0.717) is 24.5 Å². The minimum absolute atomic E-state index is 0.115. The predicted molar refractivity (Wildman–Crippen MR) is 76.0 cm³/mol. The average Bonchev–Trinajstić information content (AvgIpc) is 2.44. The molecule has 2 aromatic rings. The maximum absolute atomic E-state index is 9.19. The number of ether oxygens (including phenoxy) is 1. The highest BCUT2D eigenvalue weighted by molar-refractivity contribution is 5.86. The lowest BCUT2D eigenvalue weighted by Crippen LogP contribution is -2.20. The molecule has 0 saturated carbocycles. The van der Waals surface area contributed by atoms with Crippen molar-refractivity contribution in [1.29, 1.82) is 5.26 Å². The molecule has 0 saturated heterocycles. The van der Waals surface area contributed by atoms with Crippen LogP contribution in [0.15, 0.2) is 30.3 Å². The molecule has 1 heterocycles. The Hall–Kier alpha value is -2.12. The molecule has 19 heavy (non-hydrogen) atoms. The van der Waals surface area contributed by atoms with E-state index in [9.17, 15) is 5.26 Å². The van der Waals surface area contributed by atoms with E-state index in [2.05, 4.69) is 16.4 Å². The molecule has 0 aliphatic heterocycles. The van der Waals surface area contributed by atoms with Crippen LogP contribution in [0.2, 0.25) is 0 Å². The van der Waals surface area contributed by atoms with Crippen molar-refractivity contribution in [3.05, 3.63) is 35.9 Å². The van der Waals surface area contributed by atoms with Gasteiger partial charge in [-0.25, -0.2) is 4.98 Å². The summed E-state index contributed by atoms with van der Waals surface area (Å²) in [6.45, 7) is 5.34. The predicted octanol–water partition coefficient (Wildman–Crippen LogP) is 2.94. The Labute approximate surface area is 113 Å². The summed E-state index contributed by atoms with van der Waals surface area (Å²) in [6, 6.07) is 11.6. The van der Waals surface area contributed by atoms with Gasteiger partial charge < -0.3 is 10.1 Å². The van der Waals surface area contributed by atoms with Crippen LogP contribution in [0.3, 0.4) is 0 Å². The van der Waals surface area contributed by atoms with Gasteiger partial charge in [-0.1, -0.05) is 18.2 Å². The Balaban J connectivity index is 2.23. The fourth-order valence-corrected chi connectivity index (χ4v) is 1.95. The lowest BCUT2D eigenvalue weighted by Gasteiger charge is -2.13. The van der Waals surface area contributed by atoms with Crippen LogP contribution < -0.4 is 5.32 Å². The lowest BCUT2D eigenvalue weighted by atomic mass is 10.1. The molecule has 0 amide bonds. The minimum atomic E-state index is 0.115. The number of rotatable bonds is 5. The zero-order valence-electron chi connectivity index (χ0n) is 11.2. The summed E-state index contributed by atoms with van der Waals surface area (Å²) in [5, 5.41) is 13.3. The van der Waals surface area contributed by atoms with Gasteiger partial charge in [0.05, 0.1) is 23.3 Å². The van der Waals surface area contributed by atoms with Gasteiger partial charge in [0.25, 0.3) is 0 Å². The first-order valence-corrected chi connectivity index (χ1v) is 6.40. The second-order valence-electron chi connectivity index (χ2n) is 4.33. The van der Waals surface area contributed by atoms with Gasteiger partial charge in [0.15, 0.2) is 0 Å². The van der Waals surface area contributed by atoms with E-state index in [-0.39, 0.29) is 6.10 Å². The SMILES string of the molecule is CCOC(C)CNc1cc(C#N)c2ccccc2n1. The van der Waals surface area contributed by atoms with Crippen molar-refractivity contribution in [2.24, 2.45) is 0 Å². The number of fused-ring (bicyclic) bond motifs is 1. The van der Waals surface area contributed by atoms with Crippen molar-refractivity contribution in [1.82, 2.24) is 4.98 Å². The van der Waals surface area contributed by atoms with Crippen molar-refractivity contribution < 1.29 is 4.74 Å². The third-order valence-corrected chi connectivity index (χ3v) is 2.86. The molecular weight excluding hydrogens is 238 g/mol. The number of benzene rings is 1. The van der Waals surface area contributed by atoms with Gasteiger partial charge >= 0.3 is 0 Å². The number of anilines is 1.